The molecule has 1 amide bonds. The van der Waals surface area contributed by atoms with Gasteiger partial charge in [0.15, 0.2) is 0 Å². The van der Waals surface area contributed by atoms with Gasteiger partial charge in [0.25, 0.3) is 0 Å². The fourth-order valence-electron chi connectivity index (χ4n) is 1.96. The maximum absolute atomic E-state index is 12.3. The highest BCUT2D eigenvalue weighted by molar-refractivity contribution is 7.18. The van der Waals surface area contributed by atoms with Crippen LogP contribution in [-0.4, -0.2) is 18.5 Å². The second kappa shape index (κ2) is 6.87. The lowest BCUT2D eigenvalue weighted by Crippen LogP contribution is -2.13. The second-order valence-electron chi connectivity index (χ2n) is 4.34. The summed E-state index contributed by atoms with van der Waals surface area (Å²) in [4.78, 5) is 26.0. The molecule has 0 saturated heterocycles. The average Bonchev–Trinajstić information content (AvgIpc) is 3.06. The molecule has 1 N–H and O–H groups in total. The number of nitrogens with one attached hydrogen (secondary N) is 1. The van der Waals surface area contributed by atoms with Crippen molar-refractivity contribution in [3.8, 4) is 10.4 Å². The van der Waals surface area contributed by atoms with Crippen LogP contribution in [0.3, 0.4) is 0 Å². The lowest BCUT2D eigenvalue weighted by molar-refractivity contribution is -0.115. The van der Waals surface area contributed by atoms with Crippen molar-refractivity contribution in [1.29, 1.82) is 0 Å². The first-order valence-electron chi connectivity index (χ1n) is 6.72. The van der Waals surface area contributed by atoms with Gasteiger partial charge in [-0.15, -0.1) is 22.7 Å². The lowest BCUT2D eigenvalue weighted by atomic mass is 10.1. The van der Waals surface area contributed by atoms with E-state index >= 15 is 0 Å². The maximum Gasteiger partial charge on any atom is 0.341 e. The number of esters is 1. The first kappa shape index (κ1) is 15.7. The molecular formula is C15H17NO3S2. The summed E-state index contributed by atoms with van der Waals surface area (Å²) >= 11 is 2.97. The van der Waals surface area contributed by atoms with Crippen molar-refractivity contribution < 1.29 is 14.3 Å². The summed E-state index contributed by atoms with van der Waals surface area (Å²) in [6.45, 7) is 5.80. The van der Waals surface area contributed by atoms with Crippen molar-refractivity contribution in [1.82, 2.24) is 0 Å². The third-order valence-corrected chi connectivity index (χ3v) is 4.81. The van der Waals surface area contributed by atoms with Gasteiger partial charge in [0, 0.05) is 21.7 Å². The number of anilines is 1. The topological polar surface area (TPSA) is 55.4 Å². The monoisotopic (exact) mass is 323 g/mol. The Morgan fingerprint density at radius 1 is 1.33 bits per heavy atom. The number of hydrogen-bond acceptors (Lipinski definition) is 5. The minimum atomic E-state index is -0.392. The lowest BCUT2D eigenvalue weighted by Gasteiger charge is -2.07. The van der Waals surface area contributed by atoms with E-state index in [2.05, 4.69) is 5.32 Å². The molecule has 112 valence electrons. The van der Waals surface area contributed by atoms with Crippen molar-refractivity contribution in [2.45, 2.75) is 27.2 Å². The van der Waals surface area contributed by atoms with Crippen LogP contribution in [0, 0.1) is 6.92 Å². The molecule has 0 aliphatic rings. The molecule has 2 heterocycles. The highest BCUT2D eigenvalue weighted by Gasteiger charge is 2.25. The van der Waals surface area contributed by atoms with Gasteiger partial charge in [-0.05, 0) is 25.3 Å². The number of amides is 1. The largest absolute Gasteiger partial charge is 0.462 e. The predicted octanol–water partition coefficient (Wildman–Crippen LogP) is 4.31. The Bertz CT molecular complexity index is 644. The molecule has 0 saturated carbocycles. The average molecular weight is 323 g/mol. The molecule has 4 nitrogen and oxygen atoms in total. The van der Waals surface area contributed by atoms with Gasteiger partial charge in [0.2, 0.25) is 5.91 Å². The van der Waals surface area contributed by atoms with Crippen LogP contribution in [0.5, 0.6) is 0 Å². The van der Waals surface area contributed by atoms with Crippen molar-refractivity contribution >= 4 is 39.6 Å². The SMILES string of the molecule is CCOC(=O)c1c(NC(=O)CC)sc(C)c1-c1cccs1. The van der Waals surface area contributed by atoms with Crippen molar-refractivity contribution in [2.75, 3.05) is 11.9 Å². The number of aryl methyl sites for hydroxylation is 1. The molecule has 2 rings (SSSR count). The number of thiophene rings is 2. The highest BCUT2D eigenvalue weighted by Crippen LogP contribution is 2.42. The van der Waals surface area contributed by atoms with E-state index in [0.29, 0.717) is 23.6 Å². The van der Waals surface area contributed by atoms with E-state index in [4.69, 9.17) is 4.74 Å². The first-order valence-corrected chi connectivity index (χ1v) is 8.42. The van der Waals surface area contributed by atoms with Crippen LogP contribution >= 0.6 is 22.7 Å². The molecule has 6 heteroatoms. The van der Waals surface area contributed by atoms with E-state index in [-0.39, 0.29) is 5.91 Å². The number of carbonyl (C=O) groups is 2. The number of carbonyl (C=O) groups excluding carboxylic acids is 2. The van der Waals surface area contributed by atoms with E-state index < -0.39 is 5.97 Å². The molecule has 21 heavy (non-hydrogen) atoms. The van der Waals surface area contributed by atoms with Gasteiger partial charge in [-0.25, -0.2) is 4.79 Å². The molecule has 0 unspecified atom stereocenters. The van der Waals surface area contributed by atoms with Gasteiger partial charge in [0.05, 0.1) is 6.61 Å². The Labute approximate surface area is 131 Å². The molecule has 2 aromatic rings. The fraction of sp³-hybridized carbons (Fsp3) is 0.333. The molecule has 0 bridgehead atoms. The molecule has 0 aromatic carbocycles. The van der Waals surface area contributed by atoms with Crippen LogP contribution in [0.2, 0.25) is 0 Å². The summed E-state index contributed by atoms with van der Waals surface area (Å²) in [5.74, 6) is -0.504. The summed E-state index contributed by atoms with van der Waals surface area (Å²) < 4.78 is 5.16. The Morgan fingerprint density at radius 2 is 2.10 bits per heavy atom. The zero-order valence-electron chi connectivity index (χ0n) is 12.2. The third kappa shape index (κ3) is 3.33. The normalized spacial score (nSPS) is 10.4. The summed E-state index contributed by atoms with van der Waals surface area (Å²) in [6, 6.07) is 3.91. The Morgan fingerprint density at radius 3 is 2.67 bits per heavy atom. The van der Waals surface area contributed by atoms with Gasteiger partial charge in [-0.3, -0.25) is 4.79 Å². The van der Waals surface area contributed by atoms with Crippen molar-refractivity contribution in [3.63, 3.8) is 0 Å². The van der Waals surface area contributed by atoms with Crippen LogP contribution in [0.15, 0.2) is 17.5 Å². The zero-order chi connectivity index (χ0) is 15.4. The molecule has 0 aliphatic carbocycles. The second-order valence-corrected chi connectivity index (χ2v) is 6.51. The van der Waals surface area contributed by atoms with Gasteiger partial charge >= 0.3 is 5.97 Å². The molecular weight excluding hydrogens is 306 g/mol. The summed E-state index contributed by atoms with van der Waals surface area (Å²) in [6.07, 6.45) is 0.369. The minimum Gasteiger partial charge on any atom is -0.462 e. The first-order chi connectivity index (χ1) is 10.1. The molecule has 0 atom stereocenters. The molecule has 0 spiro atoms. The Hall–Kier alpha value is -1.66. The minimum absolute atomic E-state index is 0.112. The van der Waals surface area contributed by atoms with Gasteiger partial charge in [0.1, 0.15) is 10.6 Å². The fourth-order valence-corrected chi connectivity index (χ4v) is 3.93. The van der Waals surface area contributed by atoms with Crippen molar-refractivity contribution in [3.05, 3.63) is 28.0 Å². The summed E-state index contributed by atoms with van der Waals surface area (Å²) in [5.41, 5.74) is 1.32. The predicted molar refractivity (Wildman–Crippen MR) is 87.2 cm³/mol. The smallest absolute Gasteiger partial charge is 0.341 e. The number of hydrogen-bond donors (Lipinski definition) is 1. The van der Waals surface area contributed by atoms with Gasteiger partial charge in [-0.2, -0.15) is 0 Å². The van der Waals surface area contributed by atoms with Crippen LogP contribution in [0.25, 0.3) is 10.4 Å². The number of rotatable bonds is 5. The molecule has 0 fully saturated rings. The molecule has 0 radical (unpaired) electrons. The molecule has 0 aliphatic heterocycles. The van der Waals surface area contributed by atoms with Crippen LogP contribution in [0.4, 0.5) is 5.00 Å². The molecule has 2 aromatic heterocycles. The van der Waals surface area contributed by atoms with E-state index in [1.165, 1.54) is 11.3 Å². The summed E-state index contributed by atoms with van der Waals surface area (Å²) in [7, 11) is 0. The third-order valence-electron chi connectivity index (χ3n) is 2.91. The van der Waals surface area contributed by atoms with E-state index in [9.17, 15) is 9.59 Å². The zero-order valence-corrected chi connectivity index (χ0v) is 13.8. The van der Waals surface area contributed by atoms with Crippen LogP contribution in [0.1, 0.15) is 35.5 Å². The summed E-state index contributed by atoms with van der Waals surface area (Å²) in [5, 5.41) is 5.34. The van der Waals surface area contributed by atoms with Crippen LogP contribution in [-0.2, 0) is 9.53 Å². The van der Waals surface area contributed by atoms with E-state index in [0.717, 1.165) is 15.3 Å². The van der Waals surface area contributed by atoms with E-state index in [1.807, 2.05) is 24.4 Å². The van der Waals surface area contributed by atoms with Gasteiger partial charge in [-0.1, -0.05) is 13.0 Å². The van der Waals surface area contributed by atoms with Gasteiger partial charge < -0.3 is 10.1 Å². The highest BCUT2D eigenvalue weighted by atomic mass is 32.1. The Kier molecular flexibility index (Phi) is 5.14. The Balaban J connectivity index is 2.53. The quantitative estimate of drug-likeness (QED) is 0.834. The van der Waals surface area contributed by atoms with E-state index in [1.54, 1.807) is 25.2 Å². The van der Waals surface area contributed by atoms with Crippen molar-refractivity contribution in [2.24, 2.45) is 0 Å². The number of ether oxygens (including phenoxy) is 1. The maximum atomic E-state index is 12.3. The van der Waals surface area contributed by atoms with Crippen LogP contribution < -0.4 is 5.32 Å². The standard InChI is InChI=1S/C15H17NO3S2/c1-4-11(17)16-14-13(15(18)19-5-2)12(9(3)21-14)10-7-6-8-20-10/h6-8H,4-5H2,1-3H3,(H,16,17).